The normalized spacial score (nSPS) is 16.5. The lowest BCUT2D eigenvalue weighted by Crippen LogP contribution is -2.45. The van der Waals surface area contributed by atoms with Gasteiger partial charge in [-0.2, -0.15) is 0 Å². The van der Waals surface area contributed by atoms with Crippen molar-refractivity contribution < 1.29 is 4.39 Å². The maximum atomic E-state index is 14.1. The molecule has 1 atom stereocenters. The minimum atomic E-state index is -0.208. The minimum absolute atomic E-state index is 0. The molecule has 1 heterocycles. The van der Waals surface area contributed by atoms with Gasteiger partial charge in [0.2, 0.25) is 0 Å². The number of benzene rings is 1. The van der Waals surface area contributed by atoms with E-state index in [2.05, 4.69) is 16.8 Å². The quantitative estimate of drug-likeness (QED) is 0.795. The van der Waals surface area contributed by atoms with Gasteiger partial charge in [0.25, 0.3) is 0 Å². The highest BCUT2D eigenvalue weighted by Crippen LogP contribution is 2.33. The Morgan fingerprint density at radius 1 is 1.33 bits per heavy atom. The smallest absolute Gasteiger partial charge is 0.129 e. The molecule has 0 saturated carbocycles. The summed E-state index contributed by atoms with van der Waals surface area (Å²) in [4.78, 5) is 2.31. The van der Waals surface area contributed by atoms with Crippen molar-refractivity contribution in [3.8, 4) is 0 Å². The van der Waals surface area contributed by atoms with Crippen molar-refractivity contribution in [2.24, 2.45) is 0 Å². The molecule has 1 aromatic rings. The molecule has 0 amide bonds. The first-order chi connectivity index (χ1) is 9.24. The molecule has 1 saturated heterocycles. The largest absolute Gasteiger partial charge is 0.314 e. The van der Waals surface area contributed by atoms with Crippen LogP contribution in [0.15, 0.2) is 30.9 Å². The van der Waals surface area contributed by atoms with Crippen molar-refractivity contribution in [2.75, 3.05) is 26.2 Å². The highest BCUT2D eigenvalue weighted by Gasteiger charge is 2.25. The van der Waals surface area contributed by atoms with Gasteiger partial charge in [-0.15, -0.1) is 31.4 Å². The molecule has 1 aliphatic rings. The van der Waals surface area contributed by atoms with Gasteiger partial charge in [-0.05, 0) is 25.0 Å². The topological polar surface area (TPSA) is 15.3 Å². The highest BCUT2D eigenvalue weighted by atomic mass is 35.5. The van der Waals surface area contributed by atoms with Gasteiger partial charge in [0.1, 0.15) is 5.82 Å². The van der Waals surface area contributed by atoms with E-state index < -0.39 is 0 Å². The van der Waals surface area contributed by atoms with Gasteiger partial charge in [-0.1, -0.05) is 23.7 Å². The predicted octanol–water partition coefficient (Wildman–Crippen LogP) is 4.24. The lowest BCUT2D eigenvalue weighted by molar-refractivity contribution is 0.163. The Hall–Kier alpha value is -0.320. The van der Waals surface area contributed by atoms with E-state index in [1.807, 2.05) is 6.08 Å². The van der Waals surface area contributed by atoms with Crippen LogP contribution < -0.4 is 5.32 Å². The van der Waals surface area contributed by atoms with Crippen molar-refractivity contribution in [1.82, 2.24) is 10.2 Å². The SMILES string of the molecule is C=CCC[C@H](c1c(F)cccc1Cl)N1CCNCC1.Cl.Cl. The van der Waals surface area contributed by atoms with E-state index in [1.54, 1.807) is 12.1 Å². The molecule has 6 heteroatoms. The van der Waals surface area contributed by atoms with Crippen molar-refractivity contribution >= 4 is 36.4 Å². The van der Waals surface area contributed by atoms with Crippen LogP contribution >= 0.6 is 36.4 Å². The van der Waals surface area contributed by atoms with Gasteiger partial charge in [-0.3, -0.25) is 4.90 Å². The first kappa shape index (κ1) is 20.7. The average Bonchev–Trinajstić information content (AvgIpc) is 2.43. The second-order valence-corrected chi connectivity index (χ2v) is 5.21. The van der Waals surface area contributed by atoms with E-state index in [9.17, 15) is 4.39 Å². The first-order valence-electron chi connectivity index (χ1n) is 6.73. The van der Waals surface area contributed by atoms with Crippen molar-refractivity contribution in [1.29, 1.82) is 0 Å². The molecule has 1 fully saturated rings. The molecular weight excluding hydrogens is 334 g/mol. The number of allylic oxidation sites excluding steroid dienone is 1. The summed E-state index contributed by atoms with van der Waals surface area (Å²) in [5.41, 5.74) is 0.632. The van der Waals surface area contributed by atoms with Crippen LogP contribution in [-0.4, -0.2) is 31.1 Å². The Morgan fingerprint density at radius 3 is 2.57 bits per heavy atom. The van der Waals surface area contributed by atoms with E-state index in [0.29, 0.717) is 10.6 Å². The third-order valence-electron chi connectivity index (χ3n) is 3.57. The summed E-state index contributed by atoms with van der Waals surface area (Å²) in [6, 6.07) is 4.95. The van der Waals surface area contributed by atoms with Crippen LogP contribution in [-0.2, 0) is 0 Å². The third-order valence-corrected chi connectivity index (χ3v) is 3.90. The fourth-order valence-electron chi connectivity index (χ4n) is 2.61. The molecule has 1 aliphatic heterocycles. The number of hydrogen-bond acceptors (Lipinski definition) is 2. The Balaban J connectivity index is 0.00000200. The zero-order valence-corrected chi connectivity index (χ0v) is 14.2. The molecule has 1 aromatic carbocycles. The number of piperazine rings is 1. The van der Waals surface area contributed by atoms with Crippen LogP contribution in [0, 0.1) is 5.82 Å². The van der Waals surface area contributed by atoms with Crippen LogP contribution in [0.5, 0.6) is 0 Å². The van der Waals surface area contributed by atoms with E-state index >= 15 is 0 Å². The Bertz CT molecular complexity index is 417. The summed E-state index contributed by atoms with van der Waals surface area (Å²) in [5.74, 6) is -0.208. The van der Waals surface area contributed by atoms with Crippen LogP contribution in [0.1, 0.15) is 24.4 Å². The summed E-state index contributed by atoms with van der Waals surface area (Å²) in [5, 5.41) is 3.84. The Kier molecular flexibility index (Phi) is 10.3. The Morgan fingerprint density at radius 2 is 2.00 bits per heavy atom. The number of halogens is 4. The molecule has 0 bridgehead atoms. The van der Waals surface area contributed by atoms with Crippen LogP contribution in [0.4, 0.5) is 4.39 Å². The lowest BCUT2D eigenvalue weighted by atomic mass is 9.98. The molecule has 2 rings (SSSR count). The van der Waals surface area contributed by atoms with E-state index in [0.717, 1.165) is 39.0 Å². The van der Waals surface area contributed by atoms with Crippen LogP contribution in [0.25, 0.3) is 0 Å². The molecule has 2 nitrogen and oxygen atoms in total. The molecule has 0 aromatic heterocycles. The summed E-state index contributed by atoms with van der Waals surface area (Å²) in [6.07, 6.45) is 3.59. The zero-order valence-electron chi connectivity index (χ0n) is 11.9. The molecule has 0 radical (unpaired) electrons. The van der Waals surface area contributed by atoms with Gasteiger partial charge < -0.3 is 5.32 Å². The molecule has 120 valence electrons. The van der Waals surface area contributed by atoms with E-state index in [4.69, 9.17) is 11.6 Å². The molecule has 0 aliphatic carbocycles. The third kappa shape index (κ3) is 5.42. The standard InChI is InChI=1S/C15H20ClFN2.2ClH/c1-2-3-7-14(19-10-8-18-9-11-19)15-12(16)5-4-6-13(15)17;;/h2,4-6,14,18H,1,3,7-11H2;2*1H/t14-;;/m1../s1. The molecule has 0 unspecified atom stereocenters. The first-order valence-corrected chi connectivity index (χ1v) is 7.11. The van der Waals surface area contributed by atoms with Gasteiger partial charge in [-0.25, -0.2) is 4.39 Å². The van der Waals surface area contributed by atoms with Gasteiger partial charge in [0, 0.05) is 42.8 Å². The van der Waals surface area contributed by atoms with Gasteiger partial charge in [0.05, 0.1) is 0 Å². The number of rotatable bonds is 5. The minimum Gasteiger partial charge on any atom is -0.314 e. The van der Waals surface area contributed by atoms with Crippen molar-refractivity contribution in [2.45, 2.75) is 18.9 Å². The molecule has 0 spiro atoms. The molecule has 1 N–H and O–H groups in total. The number of nitrogens with one attached hydrogen (secondary N) is 1. The monoisotopic (exact) mass is 354 g/mol. The molecular formula is C15H22Cl3FN2. The van der Waals surface area contributed by atoms with Crippen LogP contribution in [0.2, 0.25) is 5.02 Å². The van der Waals surface area contributed by atoms with E-state index in [1.165, 1.54) is 6.07 Å². The summed E-state index contributed by atoms with van der Waals surface area (Å²) in [7, 11) is 0. The summed E-state index contributed by atoms with van der Waals surface area (Å²) < 4.78 is 14.1. The van der Waals surface area contributed by atoms with Gasteiger partial charge in [0.15, 0.2) is 0 Å². The Labute approximate surface area is 143 Å². The second-order valence-electron chi connectivity index (χ2n) is 4.80. The maximum absolute atomic E-state index is 14.1. The van der Waals surface area contributed by atoms with E-state index in [-0.39, 0.29) is 36.7 Å². The van der Waals surface area contributed by atoms with Crippen LogP contribution in [0.3, 0.4) is 0 Å². The fraction of sp³-hybridized carbons (Fsp3) is 0.467. The van der Waals surface area contributed by atoms with Crippen molar-refractivity contribution in [3.63, 3.8) is 0 Å². The second kappa shape index (κ2) is 10.4. The highest BCUT2D eigenvalue weighted by molar-refractivity contribution is 6.31. The average molecular weight is 356 g/mol. The van der Waals surface area contributed by atoms with Gasteiger partial charge >= 0.3 is 0 Å². The maximum Gasteiger partial charge on any atom is 0.129 e. The number of nitrogens with zero attached hydrogens (tertiary/aromatic N) is 1. The number of hydrogen-bond donors (Lipinski definition) is 1. The van der Waals surface area contributed by atoms with Crippen molar-refractivity contribution in [3.05, 3.63) is 47.3 Å². The lowest BCUT2D eigenvalue weighted by Gasteiger charge is -2.35. The summed E-state index contributed by atoms with van der Waals surface area (Å²) in [6.45, 7) is 7.49. The zero-order chi connectivity index (χ0) is 13.7. The molecule has 21 heavy (non-hydrogen) atoms. The predicted molar refractivity (Wildman–Crippen MR) is 92.5 cm³/mol. The summed E-state index contributed by atoms with van der Waals surface area (Å²) >= 11 is 6.21. The fourth-order valence-corrected chi connectivity index (χ4v) is 2.90.